The van der Waals surface area contributed by atoms with Gasteiger partial charge in [-0.3, -0.25) is 4.79 Å². The fourth-order valence-electron chi connectivity index (χ4n) is 3.20. The van der Waals surface area contributed by atoms with Crippen molar-refractivity contribution < 1.29 is 9.18 Å². The van der Waals surface area contributed by atoms with Crippen molar-refractivity contribution in [2.45, 2.75) is 0 Å². The Bertz CT molecular complexity index is 1100. The quantitative estimate of drug-likeness (QED) is 0.504. The van der Waals surface area contributed by atoms with Crippen molar-refractivity contribution in [1.29, 1.82) is 0 Å². The Labute approximate surface area is 186 Å². The van der Waals surface area contributed by atoms with Crippen LogP contribution in [0, 0.1) is 5.82 Å². The molecule has 2 aromatic carbocycles. The monoisotopic (exact) mass is 467 g/mol. The molecule has 2 heterocycles. The SMILES string of the molecule is O=C(c1sc2cc(Cl)ccc2c1Cl)N1CCN(C(=S)Nc2cccc(F)c2)CC1. The predicted molar refractivity (Wildman–Crippen MR) is 122 cm³/mol. The van der Waals surface area contributed by atoms with Crippen molar-refractivity contribution in [3.05, 3.63) is 63.2 Å². The molecule has 1 saturated heterocycles. The number of thiophene rings is 1. The molecule has 3 aromatic rings. The van der Waals surface area contributed by atoms with E-state index in [2.05, 4.69) is 5.32 Å². The predicted octanol–water partition coefficient (Wildman–Crippen LogP) is 5.50. The third-order valence-electron chi connectivity index (χ3n) is 4.72. The van der Waals surface area contributed by atoms with E-state index in [4.69, 9.17) is 35.4 Å². The molecule has 29 heavy (non-hydrogen) atoms. The zero-order valence-corrected chi connectivity index (χ0v) is 18.3. The number of thiocarbonyl (C=S) groups is 1. The van der Waals surface area contributed by atoms with Crippen LogP contribution < -0.4 is 5.32 Å². The second-order valence-electron chi connectivity index (χ2n) is 6.61. The molecule has 4 nitrogen and oxygen atoms in total. The number of halogens is 3. The number of carbonyl (C=O) groups is 1. The van der Waals surface area contributed by atoms with E-state index in [1.807, 2.05) is 17.0 Å². The third-order valence-corrected chi connectivity index (χ3v) is 6.96. The summed E-state index contributed by atoms with van der Waals surface area (Å²) in [5, 5.41) is 5.47. The molecular weight excluding hydrogens is 452 g/mol. The highest BCUT2D eigenvalue weighted by Crippen LogP contribution is 2.37. The van der Waals surface area contributed by atoms with Crippen LogP contribution >= 0.6 is 46.8 Å². The fraction of sp³-hybridized carbons (Fsp3) is 0.200. The van der Waals surface area contributed by atoms with Gasteiger partial charge in [-0.2, -0.15) is 0 Å². The Hall–Kier alpha value is -1.93. The molecule has 0 bridgehead atoms. The van der Waals surface area contributed by atoms with Crippen molar-refractivity contribution in [2.75, 3.05) is 31.5 Å². The second kappa shape index (κ2) is 8.44. The maximum Gasteiger partial charge on any atom is 0.265 e. The zero-order valence-electron chi connectivity index (χ0n) is 15.1. The van der Waals surface area contributed by atoms with Crippen molar-refractivity contribution in [1.82, 2.24) is 9.80 Å². The maximum atomic E-state index is 13.3. The van der Waals surface area contributed by atoms with Gasteiger partial charge in [0, 0.05) is 47.0 Å². The highest BCUT2D eigenvalue weighted by Gasteiger charge is 2.27. The van der Waals surface area contributed by atoms with Crippen LogP contribution in [0.25, 0.3) is 10.1 Å². The summed E-state index contributed by atoms with van der Waals surface area (Å²) < 4.78 is 14.2. The Balaban J connectivity index is 1.41. The molecule has 0 radical (unpaired) electrons. The molecule has 150 valence electrons. The minimum atomic E-state index is -0.324. The topological polar surface area (TPSA) is 35.6 Å². The molecule has 1 aliphatic rings. The van der Waals surface area contributed by atoms with Crippen molar-refractivity contribution >= 4 is 73.5 Å². The van der Waals surface area contributed by atoms with Crippen LogP contribution in [0.4, 0.5) is 10.1 Å². The molecule has 1 aromatic heterocycles. The third kappa shape index (κ3) is 4.33. The lowest BCUT2D eigenvalue weighted by molar-refractivity contribution is 0.0698. The van der Waals surface area contributed by atoms with Gasteiger partial charge in [-0.25, -0.2) is 4.39 Å². The van der Waals surface area contributed by atoms with Gasteiger partial charge in [0.2, 0.25) is 0 Å². The van der Waals surface area contributed by atoms with E-state index in [-0.39, 0.29) is 11.7 Å². The van der Waals surface area contributed by atoms with Gasteiger partial charge in [-0.15, -0.1) is 11.3 Å². The number of nitrogens with one attached hydrogen (secondary N) is 1. The number of hydrogen-bond donors (Lipinski definition) is 1. The Morgan fingerprint density at radius 2 is 1.79 bits per heavy atom. The Kier molecular flexibility index (Phi) is 5.92. The van der Waals surface area contributed by atoms with E-state index in [1.165, 1.54) is 23.5 Å². The normalized spacial score (nSPS) is 14.3. The highest BCUT2D eigenvalue weighted by molar-refractivity contribution is 7.80. The average Bonchev–Trinajstić information content (AvgIpc) is 3.03. The fourth-order valence-corrected chi connectivity index (χ4v) is 5.26. The molecule has 0 atom stereocenters. The van der Waals surface area contributed by atoms with Crippen molar-refractivity contribution in [3.8, 4) is 0 Å². The standard InChI is InChI=1S/C20H16Cl2FN3OS2/c21-12-4-5-15-16(10-12)29-18(17(15)22)19(27)25-6-8-26(9-7-25)20(28)24-14-3-1-2-13(23)11-14/h1-5,10-11H,6-9H2,(H,24,28). The number of nitrogens with zero attached hydrogens (tertiary/aromatic N) is 2. The lowest BCUT2D eigenvalue weighted by atomic mass is 10.2. The van der Waals surface area contributed by atoms with Crippen molar-refractivity contribution in [2.24, 2.45) is 0 Å². The number of fused-ring (bicyclic) bond motifs is 1. The smallest absolute Gasteiger partial charge is 0.265 e. The first-order valence-corrected chi connectivity index (χ1v) is 10.9. The largest absolute Gasteiger partial charge is 0.345 e. The van der Waals surface area contributed by atoms with E-state index < -0.39 is 0 Å². The molecule has 1 amide bonds. The molecule has 9 heteroatoms. The summed E-state index contributed by atoms with van der Waals surface area (Å²) in [6.45, 7) is 2.22. The van der Waals surface area contributed by atoms with Crippen LogP contribution in [0.5, 0.6) is 0 Å². The van der Waals surface area contributed by atoms with Gasteiger partial charge >= 0.3 is 0 Å². The summed E-state index contributed by atoms with van der Waals surface area (Å²) in [5.41, 5.74) is 0.601. The summed E-state index contributed by atoms with van der Waals surface area (Å²) in [4.78, 5) is 17.3. The van der Waals surface area contributed by atoms with Crippen LogP contribution in [0.3, 0.4) is 0 Å². The molecule has 0 unspecified atom stereocenters. The molecule has 1 fully saturated rings. The van der Waals surface area contributed by atoms with E-state index in [9.17, 15) is 9.18 Å². The number of amides is 1. The molecule has 1 aliphatic heterocycles. The Morgan fingerprint density at radius 3 is 2.52 bits per heavy atom. The number of anilines is 1. The first-order chi connectivity index (χ1) is 13.9. The molecule has 4 rings (SSSR count). The Morgan fingerprint density at radius 1 is 1.07 bits per heavy atom. The van der Waals surface area contributed by atoms with Gasteiger partial charge in [0.1, 0.15) is 10.7 Å². The number of carbonyl (C=O) groups excluding carboxylic acids is 1. The van der Waals surface area contributed by atoms with Gasteiger partial charge in [0.15, 0.2) is 5.11 Å². The molecule has 0 saturated carbocycles. The van der Waals surface area contributed by atoms with Gasteiger partial charge in [-0.05, 0) is 42.5 Å². The molecule has 1 N–H and O–H groups in total. The minimum Gasteiger partial charge on any atom is -0.345 e. The van der Waals surface area contributed by atoms with Crippen LogP contribution in [0.1, 0.15) is 9.67 Å². The van der Waals surface area contributed by atoms with Crippen LogP contribution in [-0.4, -0.2) is 47.0 Å². The lowest BCUT2D eigenvalue weighted by Gasteiger charge is -2.36. The summed E-state index contributed by atoms with van der Waals surface area (Å²) in [6, 6.07) is 11.6. The minimum absolute atomic E-state index is 0.0871. The van der Waals surface area contributed by atoms with Crippen molar-refractivity contribution in [3.63, 3.8) is 0 Å². The van der Waals surface area contributed by atoms with E-state index >= 15 is 0 Å². The maximum absolute atomic E-state index is 13.3. The van der Waals surface area contributed by atoms with E-state index in [0.717, 1.165) is 10.1 Å². The highest BCUT2D eigenvalue weighted by atomic mass is 35.5. The van der Waals surface area contributed by atoms with Gasteiger partial charge in [0.25, 0.3) is 5.91 Å². The number of benzene rings is 2. The van der Waals surface area contributed by atoms with E-state index in [1.54, 1.807) is 23.1 Å². The summed E-state index contributed by atoms with van der Waals surface area (Å²) in [7, 11) is 0. The number of piperazine rings is 1. The zero-order chi connectivity index (χ0) is 20.5. The van der Waals surface area contributed by atoms with Crippen LogP contribution in [-0.2, 0) is 0 Å². The van der Waals surface area contributed by atoms with Crippen LogP contribution in [0.15, 0.2) is 42.5 Å². The summed E-state index contributed by atoms with van der Waals surface area (Å²) in [5.74, 6) is -0.411. The number of rotatable bonds is 2. The van der Waals surface area contributed by atoms with Gasteiger partial charge in [-0.1, -0.05) is 35.3 Å². The lowest BCUT2D eigenvalue weighted by Crippen LogP contribution is -2.51. The van der Waals surface area contributed by atoms with Gasteiger partial charge < -0.3 is 15.1 Å². The molecule has 0 spiro atoms. The first kappa shape index (κ1) is 20.3. The average molecular weight is 468 g/mol. The molecular formula is C20H16Cl2FN3OS2. The van der Waals surface area contributed by atoms with Crippen LogP contribution in [0.2, 0.25) is 10.0 Å². The second-order valence-corrected chi connectivity index (χ2v) is 8.86. The number of hydrogen-bond acceptors (Lipinski definition) is 3. The summed E-state index contributed by atoms with van der Waals surface area (Å²) >= 11 is 19.3. The van der Waals surface area contributed by atoms with Gasteiger partial charge in [0.05, 0.1) is 5.02 Å². The first-order valence-electron chi connectivity index (χ1n) is 8.90. The summed E-state index contributed by atoms with van der Waals surface area (Å²) in [6.07, 6.45) is 0. The molecule has 0 aliphatic carbocycles. The van der Waals surface area contributed by atoms with E-state index in [0.29, 0.717) is 51.9 Å².